The number of urea groups is 1. The Morgan fingerprint density at radius 3 is 2.83 bits per heavy atom. The summed E-state index contributed by atoms with van der Waals surface area (Å²) in [5, 5.41) is 10.5. The maximum absolute atomic E-state index is 12.4. The largest absolute Gasteiger partial charge is 0.490 e. The molecule has 30 heavy (non-hydrogen) atoms. The number of rotatable bonds is 4. The second kappa shape index (κ2) is 9.74. The second-order valence-electron chi connectivity index (χ2n) is 8.41. The minimum absolute atomic E-state index is 0.119. The van der Waals surface area contributed by atoms with Crippen molar-refractivity contribution in [2.24, 2.45) is 5.92 Å². The van der Waals surface area contributed by atoms with Crippen LogP contribution in [0.2, 0.25) is 0 Å². The minimum atomic E-state index is -0.119. The molecular weight excluding hydrogens is 376 g/mol. The molecule has 4 rings (SSSR count). The molecule has 6 nitrogen and oxygen atoms in total. The summed E-state index contributed by atoms with van der Waals surface area (Å²) < 4.78 is 6.26. The number of anilines is 1. The first-order chi connectivity index (χ1) is 14.7. The molecule has 2 heterocycles. The van der Waals surface area contributed by atoms with Crippen LogP contribution in [-0.2, 0) is 0 Å². The van der Waals surface area contributed by atoms with Gasteiger partial charge in [-0.3, -0.25) is 5.32 Å². The van der Waals surface area contributed by atoms with Gasteiger partial charge in [0.2, 0.25) is 0 Å². The molecule has 2 atom stereocenters. The third kappa shape index (κ3) is 5.59. The molecule has 0 radical (unpaired) electrons. The molecule has 158 valence electrons. The molecule has 2 amide bonds. The second-order valence-corrected chi connectivity index (χ2v) is 8.41. The number of carbonyl (C=O) groups excluding carboxylic acids is 1. The maximum Gasteiger partial charge on any atom is 0.323 e. The number of hydrogen-bond donors (Lipinski definition) is 1. The first kappa shape index (κ1) is 20.4. The van der Waals surface area contributed by atoms with Crippen molar-refractivity contribution in [1.29, 1.82) is 0 Å². The van der Waals surface area contributed by atoms with Crippen LogP contribution in [0.25, 0.3) is 6.08 Å². The monoisotopic (exact) mass is 406 g/mol. The van der Waals surface area contributed by atoms with Gasteiger partial charge in [-0.1, -0.05) is 37.1 Å². The van der Waals surface area contributed by atoms with E-state index in [2.05, 4.69) is 52.8 Å². The van der Waals surface area contributed by atoms with Crippen LogP contribution in [0.4, 0.5) is 10.6 Å². The van der Waals surface area contributed by atoms with Crippen LogP contribution in [0.15, 0.2) is 48.2 Å². The van der Waals surface area contributed by atoms with Crippen molar-refractivity contribution in [3.05, 3.63) is 53.7 Å². The number of carbonyl (C=O) groups is 1. The predicted molar refractivity (Wildman–Crippen MR) is 118 cm³/mol. The zero-order valence-electron chi connectivity index (χ0n) is 17.6. The number of aromatic nitrogens is 2. The lowest BCUT2D eigenvalue weighted by Gasteiger charge is -2.28. The Kier molecular flexibility index (Phi) is 6.62. The van der Waals surface area contributed by atoms with Gasteiger partial charge in [-0.25, -0.2) is 4.79 Å². The molecule has 6 heteroatoms. The molecular formula is C24H30N4O2. The Labute approximate surface area is 178 Å². The molecule has 2 aliphatic rings. The fraction of sp³-hybridized carbons (Fsp3) is 0.458. The molecule has 1 aliphatic carbocycles. The van der Waals surface area contributed by atoms with E-state index in [1.165, 1.54) is 24.0 Å². The number of nitrogens with one attached hydrogen (secondary N) is 1. The lowest BCUT2D eigenvalue weighted by Crippen LogP contribution is -2.39. The summed E-state index contributed by atoms with van der Waals surface area (Å²) >= 11 is 0. The number of amides is 2. The third-order valence-corrected chi connectivity index (χ3v) is 5.92. The standard InChI is InChI=1S/C24H30N4O2/c1-18-5-2-7-21(15-18)30-22-8-3-6-20(17-22)16-19-10-13-28(14-11-19)24(29)26-23-9-4-12-25-27-23/h3-4,6,8-9,12,16-18,21H,2,5,7,10-11,13-15H2,1H3,(H,26,27,29). The van der Waals surface area contributed by atoms with Crippen molar-refractivity contribution in [2.45, 2.75) is 51.6 Å². The Morgan fingerprint density at radius 1 is 1.20 bits per heavy atom. The van der Waals surface area contributed by atoms with Gasteiger partial charge in [-0.2, -0.15) is 5.10 Å². The molecule has 1 N–H and O–H groups in total. The molecule has 0 spiro atoms. The van der Waals surface area contributed by atoms with Gasteiger partial charge in [0, 0.05) is 19.3 Å². The summed E-state index contributed by atoms with van der Waals surface area (Å²) in [7, 11) is 0. The van der Waals surface area contributed by atoms with E-state index in [1.54, 1.807) is 18.3 Å². The summed E-state index contributed by atoms with van der Waals surface area (Å²) in [6.07, 6.45) is 10.8. The van der Waals surface area contributed by atoms with Crippen molar-refractivity contribution in [2.75, 3.05) is 18.4 Å². The average molecular weight is 407 g/mol. The van der Waals surface area contributed by atoms with Gasteiger partial charge in [0.25, 0.3) is 0 Å². The van der Waals surface area contributed by atoms with E-state index in [0.29, 0.717) is 25.0 Å². The van der Waals surface area contributed by atoms with Crippen LogP contribution in [-0.4, -0.2) is 40.3 Å². The van der Waals surface area contributed by atoms with Crippen LogP contribution in [0.1, 0.15) is 51.0 Å². The van der Waals surface area contributed by atoms with Crippen molar-refractivity contribution in [3.8, 4) is 5.75 Å². The van der Waals surface area contributed by atoms with Crippen LogP contribution in [0, 0.1) is 5.92 Å². The Hall–Kier alpha value is -2.89. The fourth-order valence-electron chi connectivity index (χ4n) is 4.29. The zero-order chi connectivity index (χ0) is 20.8. The van der Waals surface area contributed by atoms with Gasteiger partial charge >= 0.3 is 6.03 Å². The molecule has 1 saturated carbocycles. The van der Waals surface area contributed by atoms with Gasteiger partial charge in [0.15, 0.2) is 5.82 Å². The van der Waals surface area contributed by atoms with Crippen molar-refractivity contribution >= 4 is 17.9 Å². The van der Waals surface area contributed by atoms with Crippen LogP contribution >= 0.6 is 0 Å². The van der Waals surface area contributed by atoms with Crippen LogP contribution in [0.5, 0.6) is 5.75 Å². The summed E-state index contributed by atoms with van der Waals surface area (Å²) in [4.78, 5) is 14.2. The van der Waals surface area contributed by atoms with Crippen molar-refractivity contribution < 1.29 is 9.53 Å². The molecule has 2 unspecified atom stereocenters. The number of nitrogens with zero attached hydrogens (tertiary/aromatic N) is 3. The van der Waals surface area contributed by atoms with E-state index in [0.717, 1.165) is 37.4 Å². The number of hydrogen-bond acceptors (Lipinski definition) is 4. The summed E-state index contributed by atoms with van der Waals surface area (Å²) in [6.45, 7) is 3.72. The number of ether oxygens (including phenoxy) is 1. The lowest BCUT2D eigenvalue weighted by molar-refractivity contribution is 0.129. The molecule has 0 bridgehead atoms. The van der Waals surface area contributed by atoms with Gasteiger partial charge in [0.1, 0.15) is 5.75 Å². The van der Waals surface area contributed by atoms with E-state index in [9.17, 15) is 4.79 Å². The summed E-state index contributed by atoms with van der Waals surface area (Å²) in [5.74, 6) is 2.20. The molecule has 1 aromatic carbocycles. The highest BCUT2D eigenvalue weighted by atomic mass is 16.5. The number of piperidine rings is 1. The normalized spacial score (nSPS) is 21.8. The molecule has 1 aromatic heterocycles. The summed E-state index contributed by atoms with van der Waals surface area (Å²) in [5.41, 5.74) is 2.53. The number of likely N-dealkylation sites (tertiary alicyclic amines) is 1. The van der Waals surface area contributed by atoms with Crippen LogP contribution in [0.3, 0.4) is 0 Å². The highest BCUT2D eigenvalue weighted by Crippen LogP contribution is 2.28. The van der Waals surface area contributed by atoms with Gasteiger partial charge in [-0.15, -0.1) is 5.10 Å². The predicted octanol–water partition coefficient (Wildman–Crippen LogP) is 5.15. The topological polar surface area (TPSA) is 67.3 Å². The third-order valence-electron chi connectivity index (χ3n) is 5.92. The quantitative estimate of drug-likeness (QED) is 0.763. The average Bonchev–Trinajstić information content (AvgIpc) is 2.75. The summed E-state index contributed by atoms with van der Waals surface area (Å²) in [6, 6.07) is 11.8. The van der Waals surface area contributed by atoms with E-state index in [-0.39, 0.29) is 6.03 Å². The lowest BCUT2D eigenvalue weighted by atomic mass is 9.89. The molecule has 1 saturated heterocycles. The zero-order valence-corrected chi connectivity index (χ0v) is 17.6. The van der Waals surface area contributed by atoms with Gasteiger partial charge in [0.05, 0.1) is 6.10 Å². The van der Waals surface area contributed by atoms with Crippen LogP contribution < -0.4 is 10.1 Å². The first-order valence-corrected chi connectivity index (χ1v) is 11.0. The molecule has 2 fully saturated rings. The highest BCUT2D eigenvalue weighted by Gasteiger charge is 2.21. The van der Waals surface area contributed by atoms with E-state index < -0.39 is 0 Å². The smallest absolute Gasteiger partial charge is 0.323 e. The maximum atomic E-state index is 12.4. The highest BCUT2D eigenvalue weighted by molar-refractivity contribution is 5.88. The van der Waals surface area contributed by atoms with Gasteiger partial charge < -0.3 is 9.64 Å². The van der Waals surface area contributed by atoms with E-state index >= 15 is 0 Å². The van der Waals surface area contributed by atoms with E-state index in [1.807, 2.05) is 4.90 Å². The van der Waals surface area contributed by atoms with E-state index in [4.69, 9.17) is 4.74 Å². The van der Waals surface area contributed by atoms with Crippen molar-refractivity contribution in [1.82, 2.24) is 15.1 Å². The Bertz CT molecular complexity index is 874. The first-order valence-electron chi connectivity index (χ1n) is 11.0. The Balaban J connectivity index is 1.31. The van der Waals surface area contributed by atoms with Crippen molar-refractivity contribution in [3.63, 3.8) is 0 Å². The molecule has 1 aliphatic heterocycles. The van der Waals surface area contributed by atoms with Gasteiger partial charge in [-0.05, 0) is 67.9 Å². The Morgan fingerprint density at radius 2 is 2.07 bits per heavy atom. The molecule has 2 aromatic rings. The minimum Gasteiger partial charge on any atom is -0.490 e. The SMILES string of the molecule is CC1CCCC(Oc2cccc(C=C3CCN(C(=O)Nc4cccnn4)CC3)c2)C1. The fourth-order valence-corrected chi connectivity index (χ4v) is 4.29. The number of benzene rings is 1.